The number of benzene rings is 1. The molecule has 0 atom stereocenters. The van der Waals surface area contributed by atoms with Crippen molar-refractivity contribution in [3.8, 4) is 6.07 Å². The molecule has 0 N–H and O–H groups in total. The third-order valence-electron chi connectivity index (χ3n) is 1.91. The van der Waals surface area contributed by atoms with E-state index in [2.05, 4.69) is 0 Å². The van der Waals surface area contributed by atoms with Gasteiger partial charge in [-0.15, -0.1) is 11.6 Å². The van der Waals surface area contributed by atoms with Crippen LogP contribution in [-0.2, 0) is 14.9 Å². The molecular formula is C8H4Cl2N2O4S. The van der Waals surface area contributed by atoms with Crippen molar-refractivity contribution >= 4 is 37.0 Å². The van der Waals surface area contributed by atoms with Gasteiger partial charge in [-0.3, -0.25) is 10.1 Å². The number of nitro benzene ring substituents is 1. The Hall–Kier alpha value is -1.36. The van der Waals surface area contributed by atoms with E-state index < -0.39 is 30.4 Å². The van der Waals surface area contributed by atoms with Gasteiger partial charge in [-0.1, -0.05) is 0 Å². The number of alkyl halides is 1. The summed E-state index contributed by atoms with van der Waals surface area (Å²) in [4.78, 5) is 9.40. The van der Waals surface area contributed by atoms with Gasteiger partial charge in [0.15, 0.2) is 0 Å². The number of hydrogen-bond acceptors (Lipinski definition) is 5. The van der Waals surface area contributed by atoms with Crippen LogP contribution in [0.2, 0.25) is 0 Å². The molecule has 1 aromatic rings. The highest BCUT2D eigenvalue weighted by Crippen LogP contribution is 2.31. The number of halogens is 2. The van der Waals surface area contributed by atoms with Gasteiger partial charge in [0.25, 0.3) is 14.7 Å². The molecule has 0 saturated carbocycles. The van der Waals surface area contributed by atoms with Crippen LogP contribution in [0.25, 0.3) is 0 Å². The van der Waals surface area contributed by atoms with Crippen LogP contribution in [0.1, 0.15) is 11.1 Å². The van der Waals surface area contributed by atoms with Crippen LogP contribution < -0.4 is 0 Å². The number of nitriles is 1. The summed E-state index contributed by atoms with van der Waals surface area (Å²) in [5.74, 6) is -0.399. The number of rotatable bonds is 3. The Labute approximate surface area is 106 Å². The molecule has 0 aliphatic carbocycles. The first-order valence-electron chi connectivity index (χ1n) is 4.03. The predicted molar refractivity (Wildman–Crippen MR) is 60.4 cm³/mol. The highest BCUT2D eigenvalue weighted by molar-refractivity contribution is 8.13. The van der Waals surface area contributed by atoms with E-state index in [4.69, 9.17) is 27.5 Å². The maximum Gasteiger partial charge on any atom is 0.276 e. The van der Waals surface area contributed by atoms with Crippen molar-refractivity contribution in [2.45, 2.75) is 10.8 Å². The average molecular weight is 295 g/mol. The van der Waals surface area contributed by atoms with Gasteiger partial charge in [-0.2, -0.15) is 5.26 Å². The Kier molecular flexibility index (Phi) is 3.93. The van der Waals surface area contributed by atoms with Crippen LogP contribution >= 0.6 is 22.3 Å². The van der Waals surface area contributed by atoms with Gasteiger partial charge >= 0.3 is 0 Å². The lowest BCUT2D eigenvalue weighted by atomic mass is 10.1. The minimum absolute atomic E-state index is 0.176. The van der Waals surface area contributed by atoms with Crippen molar-refractivity contribution < 1.29 is 13.3 Å². The van der Waals surface area contributed by atoms with Crippen LogP contribution in [0.15, 0.2) is 17.0 Å². The fourth-order valence-electron chi connectivity index (χ4n) is 1.21. The van der Waals surface area contributed by atoms with Crippen molar-refractivity contribution in [1.82, 2.24) is 0 Å². The summed E-state index contributed by atoms with van der Waals surface area (Å²) in [6.07, 6.45) is 0. The molecule has 0 aliphatic rings. The van der Waals surface area contributed by atoms with Crippen molar-refractivity contribution in [2.75, 3.05) is 0 Å². The average Bonchev–Trinajstić information content (AvgIpc) is 2.25. The zero-order valence-corrected chi connectivity index (χ0v) is 10.4. The maximum absolute atomic E-state index is 11.2. The Balaban J connectivity index is 3.77. The lowest BCUT2D eigenvalue weighted by Gasteiger charge is -2.05. The van der Waals surface area contributed by atoms with E-state index in [9.17, 15) is 18.5 Å². The molecule has 6 nitrogen and oxygen atoms in total. The van der Waals surface area contributed by atoms with E-state index >= 15 is 0 Å². The van der Waals surface area contributed by atoms with E-state index in [0.29, 0.717) is 0 Å². The molecule has 0 radical (unpaired) electrons. The van der Waals surface area contributed by atoms with Crippen molar-refractivity contribution in [3.05, 3.63) is 33.4 Å². The standard InChI is InChI=1S/C8H4Cl2N2O4S/c9-3-6-7(12(13)14)1-5(4-11)2-8(6)17(10,15)16/h1-2H,3H2. The molecule has 0 heterocycles. The summed E-state index contributed by atoms with van der Waals surface area (Å²) < 4.78 is 22.5. The Morgan fingerprint density at radius 1 is 1.47 bits per heavy atom. The highest BCUT2D eigenvalue weighted by atomic mass is 35.7. The zero-order chi connectivity index (χ0) is 13.2. The minimum Gasteiger partial charge on any atom is -0.258 e. The van der Waals surface area contributed by atoms with Gasteiger partial charge in [-0.05, 0) is 6.07 Å². The number of nitrogens with zero attached hydrogens (tertiary/aromatic N) is 2. The lowest BCUT2D eigenvalue weighted by Crippen LogP contribution is -2.03. The number of nitro groups is 1. The van der Waals surface area contributed by atoms with Gasteiger partial charge in [0.05, 0.1) is 32.9 Å². The largest absolute Gasteiger partial charge is 0.276 e. The summed E-state index contributed by atoms with van der Waals surface area (Å²) in [6.45, 7) is 0. The van der Waals surface area contributed by atoms with Crippen LogP contribution in [-0.4, -0.2) is 13.3 Å². The maximum atomic E-state index is 11.2. The molecule has 0 aromatic heterocycles. The fourth-order valence-corrected chi connectivity index (χ4v) is 2.72. The van der Waals surface area contributed by atoms with E-state index in [1.165, 1.54) is 0 Å². The summed E-state index contributed by atoms with van der Waals surface area (Å²) in [6, 6.07) is 3.51. The second-order valence-corrected chi connectivity index (χ2v) is 5.71. The van der Waals surface area contributed by atoms with E-state index in [1.807, 2.05) is 0 Å². The molecule has 9 heteroatoms. The molecule has 0 spiro atoms. The molecule has 0 bridgehead atoms. The van der Waals surface area contributed by atoms with Gasteiger partial charge in [0.1, 0.15) is 0 Å². The van der Waals surface area contributed by atoms with E-state index in [1.54, 1.807) is 6.07 Å². The SMILES string of the molecule is N#Cc1cc([N+](=O)[O-])c(CCl)c(S(=O)(=O)Cl)c1. The summed E-state index contributed by atoms with van der Waals surface area (Å²) in [5.41, 5.74) is -0.950. The summed E-state index contributed by atoms with van der Waals surface area (Å²) in [7, 11) is 0.928. The zero-order valence-electron chi connectivity index (χ0n) is 8.05. The first-order chi connectivity index (χ1) is 7.81. The molecule has 0 saturated heterocycles. The quantitative estimate of drug-likeness (QED) is 0.368. The molecule has 0 unspecified atom stereocenters. The summed E-state index contributed by atoms with van der Waals surface area (Å²) >= 11 is 5.47. The van der Waals surface area contributed by atoms with Crippen LogP contribution in [0.5, 0.6) is 0 Å². The van der Waals surface area contributed by atoms with Gasteiger partial charge in [-0.25, -0.2) is 8.42 Å². The second-order valence-electron chi connectivity index (χ2n) is 2.91. The predicted octanol–water partition coefficient (Wildman–Crippen LogP) is 2.13. The Morgan fingerprint density at radius 2 is 2.06 bits per heavy atom. The molecule has 0 aliphatic heterocycles. The van der Waals surface area contributed by atoms with Crippen LogP contribution in [0, 0.1) is 21.4 Å². The second kappa shape index (κ2) is 4.87. The molecular weight excluding hydrogens is 291 g/mol. The van der Waals surface area contributed by atoms with Crippen molar-refractivity contribution in [1.29, 1.82) is 5.26 Å². The number of hydrogen-bond donors (Lipinski definition) is 0. The molecule has 1 rings (SSSR count). The van der Waals surface area contributed by atoms with Crippen molar-refractivity contribution in [3.63, 3.8) is 0 Å². The topological polar surface area (TPSA) is 101 Å². The molecule has 90 valence electrons. The fraction of sp³-hybridized carbons (Fsp3) is 0.125. The van der Waals surface area contributed by atoms with Crippen LogP contribution in [0.4, 0.5) is 5.69 Å². The lowest BCUT2D eigenvalue weighted by molar-refractivity contribution is -0.385. The third kappa shape index (κ3) is 2.85. The molecule has 17 heavy (non-hydrogen) atoms. The normalized spacial score (nSPS) is 10.9. The van der Waals surface area contributed by atoms with Gasteiger partial charge in [0.2, 0.25) is 0 Å². The first kappa shape index (κ1) is 13.7. The smallest absolute Gasteiger partial charge is 0.258 e. The molecule has 1 aromatic carbocycles. The van der Waals surface area contributed by atoms with Gasteiger partial charge in [0, 0.05) is 16.7 Å². The monoisotopic (exact) mass is 294 g/mol. The van der Waals surface area contributed by atoms with Crippen LogP contribution in [0.3, 0.4) is 0 Å². The molecule has 0 fully saturated rings. The van der Waals surface area contributed by atoms with E-state index in [0.717, 1.165) is 12.1 Å². The Morgan fingerprint density at radius 3 is 2.41 bits per heavy atom. The molecule has 0 amide bonds. The Bertz CT molecular complexity index is 621. The van der Waals surface area contributed by atoms with E-state index in [-0.39, 0.29) is 11.1 Å². The first-order valence-corrected chi connectivity index (χ1v) is 6.87. The highest BCUT2D eigenvalue weighted by Gasteiger charge is 2.25. The minimum atomic E-state index is -4.20. The van der Waals surface area contributed by atoms with Gasteiger partial charge < -0.3 is 0 Å². The van der Waals surface area contributed by atoms with Crippen molar-refractivity contribution in [2.24, 2.45) is 0 Å². The third-order valence-corrected chi connectivity index (χ3v) is 3.56. The summed E-state index contributed by atoms with van der Waals surface area (Å²) in [5, 5.41) is 19.4.